The minimum absolute atomic E-state index is 0.266. The van der Waals surface area contributed by atoms with E-state index in [9.17, 15) is 4.79 Å². The van der Waals surface area contributed by atoms with Crippen LogP contribution in [0.1, 0.15) is 19.3 Å². The van der Waals surface area contributed by atoms with Crippen LogP contribution >= 0.6 is 0 Å². The smallest absolute Gasteiger partial charge is 0.225 e. The first-order valence-electron chi connectivity index (χ1n) is 5.11. The van der Waals surface area contributed by atoms with Crippen molar-refractivity contribution in [2.45, 2.75) is 19.3 Å². The fraction of sp³-hybridized carbons (Fsp3) is 0.500. The van der Waals surface area contributed by atoms with Crippen molar-refractivity contribution in [3.63, 3.8) is 0 Å². The predicted molar refractivity (Wildman–Crippen MR) is 60.1 cm³/mol. The molecule has 3 N–H and O–H groups in total. The van der Waals surface area contributed by atoms with Gasteiger partial charge < -0.3 is 15.8 Å². The molecule has 0 bridgehead atoms. The predicted octanol–water partition coefficient (Wildman–Crippen LogP) is 0.553. The summed E-state index contributed by atoms with van der Waals surface area (Å²) in [5, 5.41) is 3.04. The van der Waals surface area contributed by atoms with Gasteiger partial charge in [0.25, 0.3) is 0 Å². The molecule has 88 valence electrons. The number of nitrogens with one attached hydrogen (secondary N) is 1. The number of primary amides is 1. The second-order valence-electron chi connectivity index (χ2n) is 3.27. The average Bonchev–Trinajstić information content (AvgIpc) is 2.28. The van der Waals surface area contributed by atoms with Crippen molar-refractivity contribution < 1.29 is 9.53 Å². The van der Waals surface area contributed by atoms with Crippen LogP contribution in [0.25, 0.3) is 0 Å². The summed E-state index contributed by atoms with van der Waals surface area (Å²) in [6.45, 7) is 0.709. The quantitative estimate of drug-likeness (QED) is 0.660. The van der Waals surface area contributed by atoms with Gasteiger partial charge in [0.2, 0.25) is 17.7 Å². The largest absolute Gasteiger partial charge is 0.481 e. The number of rotatable bonds is 7. The summed E-state index contributed by atoms with van der Waals surface area (Å²) in [5.74, 6) is 0.783. The third kappa shape index (κ3) is 4.59. The van der Waals surface area contributed by atoms with E-state index < -0.39 is 0 Å². The summed E-state index contributed by atoms with van der Waals surface area (Å²) in [5.41, 5.74) is 5.02. The Labute approximate surface area is 94.2 Å². The van der Waals surface area contributed by atoms with E-state index in [1.807, 2.05) is 0 Å². The third-order valence-corrected chi connectivity index (χ3v) is 1.97. The van der Waals surface area contributed by atoms with Crippen LogP contribution in [0.3, 0.4) is 0 Å². The Morgan fingerprint density at radius 2 is 2.38 bits per heavy atom. The Bertz CT molecular complexity index is 343. The van der Waals surface area contributed by atoms with E-state index in [4.69, 9.17) is 10.5 Å². The summed E-state index contributed by atoms with van der Waals surface area (Å²) in [6, 6.07) is 1.68. The molecular formula is C10H16N4O2. The second-order valence-corrected chi connectivity index (χ2v) is 3.27. The van der Waals surface area contributed by atoms with Gasteiger partial charge in [0.1, 0.15) is 0 Å². The summed E-state index contributed by atoms with van der Waals surface area (Å²) >= 11 is 0. The highest BCUT2D eigenvalue weighted by molar-refractivity contribution is 5.73. The van der Waals surface area contributed by atoms with E-state index in [2.05, 4.69) is 15.3 Å². The van der Waals surface area contributed by atoms with Crippen molar-refractivity contribution in [2.75, 3.05) is 19.0 Å². The molecule has 1 aromatic rings. The van der Waals surface area contributed by atoms with Crippen LogP contribution in [-0.4, -0.2) is 29.5 Å². The molecule has 1 rings (SSSR count). The van der Waals surface area contributed by atoms with Crippen LogP contribution in [0, 0.1) is 0 Å². The first-order valence-corrected chi connectivity index (χ1v) is 5.11. The van der Waals surface area contributed by atoms with Gasteiger partial charge in [-0.15, -0.1) is 0 Å². The average molecular weight is 224 g/mol. The number of hydrogen-bond donors (Lipinski definition) is 2. The number of amides is 1. The minimum atomic E-state index is -0.266. The summed E-state index contributed by atoms with van der Waals surface area (Å²) in [4.78, 5) is 18.6. The van der Waals surface area contributed by atoms with E-state index in [0.717, 1.165) is 12.8 Å². The normalized spacial score (nSPS) is 9.81. The van der Waals surface area contributed by atoms with Gasteiger partial charge in [-0.25, -0.2) is 4.98 Å². The summed E-state index contributed by atoms with van der Waals surface area (Å²) in [6.07, 6.45) is 3.66. The van der Waals surface area contributed by atoms with Crippen molar-refractivity contribution in [1.29, 1.82) is 0 Å². The van der Waals surface area contributed by atoms with Gasteiger partial charge >= 0.3 is 0 Å². The highest BCUT2D eigenvalue weighted by Gasteiger charge is 1.98. The molecule has 0 spiro atoms. The zero-order chi connectivity index (χ0) is 11.8. The number of aromatic nitrogens is 2. The van der Waals surface area contributed by atoms with Crippen LogP contribution < -0.4 is 15.8 Å². The van der Waals surface area contributed by atoms with E-state index >= 15 is 0 Å². The molecule has 0 saturated heterocycles. The molecule has 1 heterocycles. The molecule has 0 aliphatic carbocycles. The first kappa shape index (κ1) is 12.2. The lowest BCUT2D eigenvalue weighted by molar-refractivity contribution is -0.118. The van der Waals surface area contributed by atoms with E-state index in [1.165, 1.54) is 0 Å². The highest BCUT2D eigenvalue weighted by atomic mass is 16.5. The van der Waals surface area contributed by atoms with E-state index in [1.54, 1.807) is 19.4 Å². The lowest BCUT2D eigenvalue weighted by Crippen LogP contribution is -2.11. The third-order valence-electron chi connectivity index (χ3n) is 1.97. The maximum atomic E-state index is 10.5. The van der Waals surface area contributed by atoms with Crippen LogP contribution in [0.5, 0.6) is 5.88 Å². The Balaban J connectivity index is 2.23. The number of ether oxygens (including phenoxy) is 1. The molecule has 1 amide bonds. The van der Waals surface area contributed by atoms with Gasteiger partial charge in [-0.1, -0.05) is 0 Å². The molecular weight excluding hydrogens is 208 g/mol. The maximum absolute atomic E-state index is 10.5. The number of nitrogens with zero attached hydrogens (tertiary/aromatic N) is 2. The van der Waals surface area contributed by atoms with Gasteiger partial charge in [0.15, 0.2) is 0 Å². The molecule has 0 saturated carbocycles. The monoisotopic (exact) mass is 224 g/mol. The molecule has 0 aliphatic rings. The Morgan fingerprint density at radius 1 is 1.56 bits per heavy atom. The lowest BCUT2D eigenvalue weighted by Gasteiger charge is -2.04. The van der Waals surface area contributed by atoms with Crippen LogP contribution in [0.2, 0.25) is 0 Å². The summed E-state index contributed by atoms with van der Waals surface area (Å²) in [7, 11) is 1.55. The fourth-order valence-corrected chi connectivity index (χ4v) is 1.17. The zero-order valence-corrected chi connectivity index (χ0v) is 9.27. The second kappa shape index (κ2) is 6.60. The van der Waals surface area contributed by atoms with E-state index in [0.29, 0.717) is 24.8 Å². The van der Waals surface area contributed by atoms with Crippen LogP contribution in [-0.2, 0) is 4.79 Å². The molecule has 0 atom stereocenters. The van der Waals surface area contributed by atoms with Crippen molar-refractivity contribution in [3.8, 4) is 5.88 Å². The van der Waals surface area contributed by atoms with Crippen molar-refractivity contribution in [1.82, 2.24) is 9.97 Å². The molecule has 0 aliphatic heterocycles. The topological polar surface area (TPSA) is 90.1 Å². The maximum Gasteiger partial charge on any atom is 0.225 e. The zero-order valence-electron chi connectivity index (χ0n) is 9.27. The van der Waals surface area contributed by atoms with Crippen molar-refractivity contribution >= 4 is 11.9 Å². The number of carbonyl (C=O) groups is 1. The molecule has 6 nitrogen and oxygen atoms in total. The van der Waals surface area contributed by atoms with Crippen LogP contribution in [0.4, 0.5) is 5.95 Å². The molecule has 0 radical (unpaired) electrons. The number of hydrogen-bond acceptors (Lipinski definition) is 5. The Hall–Kier alpha value is -1.85. The molecule has 0 unspecified atom stereocenters. The molecule has 1 aromatic heterocycles. The molecule has 6 heteroatoms. The molecule has 0 aromatic carbocycles. The number of carbonyl (C=O) groups excluding carboxylic acids is 1. The summed E-state index contributed by atoms with van der Waals surface area (Å²) < 4.78 is 4.96. The Morgan fingerprint density at radius 3 is 3.06 bits per heavy atom. The fourth-order valence-electron chi connectivity index (χ4n) is 1.17. The van der Waals surface area contributed by atoms with Gasteiger partial charge in [-0.05, 0) is 12.8 Å². The van der Waals surface area contributed by atoms with Crippen LogP contribution in [0.15, 0.2) is 12.3 Å². The van der Waals surface area contributed by atoms with Gasteiger partial charge in [-0.3, -0.25) is 4.79 Å². The lowest BCUT2D eigenvalue weighted by atomic mass is 10.2. The minimum Gasteiger partial charge on any atom is -0.481 e. The SMILES string of the molecule is COc1ccnc(NCCCCC(N)=O)n1. The van der Waals surface area contributed by atoms with Gasteiger partial charge in [-0.2, -0.15) is 4.98 Å². The number of nitrogens with two attached hydrogens (primary N) is 1. The standard InChI is InChI=1S/C10H16N4O2/c1-16-9-5-7-13-10(14-9)12-6-3-2-4-8(11)15/h5,7H,2-4,6H2,1H3,(H2,11,15)(H,12,13,14). The van der Waals surface area contributed by atoms with Gasteiger partial charge in [0, 0.05) is 25.2 Å². The first-order chi connectivity index (χ1) is 7.72. The molecule has 0 fully saturated rings. The van der Waals surface area contributed by atoms with Gasteiger partial charge in [0.05, 0.1) is 7.11 Å². The number of unbranched alkanes of at least 4 members (excludes halogenated alkanes) is 1. The van der Waals surface area contributed by atoms with Crippen molar-refractivity contribution in [3.05, 3.63) is 12.3 Å². The molecule has 16 heavy (non-hydrogen) atoms. The highest BCUT2D eigenvalue weighted by Crippen LogP contribution is 2.07. The number of anilines is 1. The number of methoxy groups -OCH3 is 1. The van der Waals surface area contributed by atoms with E-state index in [-0.39, 0.29) is 5.91 Å². The Kier molecular flexibility index (Phi) is 5.04. The van der Waals surface area contributed by atoms with Crippen molar-refractivity contribution in [2.24, 2.45) is 5.73 Å².